The van der Waals surface area contributed by atoms with E-state index in [4.69, 9.17) is 5.11 Å². The molecule has 0 aromatic heterocycles. The van der Waals surface area contributed by atoms with E-state index in [0.717, 1.165) is 38.3 Å². The van der Waals surface area contributed by atoms with Gasteiger partial charge in [0.15, 0.2) is 0 Å². The summed E-state index contributed by atoms with van der Waals surface area (Å²) in [5, 5.41) is 9.13. The highest BCUT2D eigenvalue weighted by atomic mass is 16.3. The first-order valence-electron chi connectivity index (χ1n) is 7.91. The summed E-state index contributed by atoms with van der Waals surface area (Å²) in [6, 6.07) is 8.05. The lowest BCUT2D eigenvalue weighted by molar-refractivity contribution is -0.132. The lowest BCUT2D eigenvalue weighted by Gasteiger charge is -2.34. The van der Waals surface area contributed by atoms with Crippen molar-refractivity contribution < 1.29 is 9.90 Å². The maximum atomic E-state index is 11.6. The van der Waals surface area contributed by atoms with Crippen LogP contribution in [0.5, 0.6) is 0 Å². The number of benzene rings is 1. The van der Waals surface area contributed by atoms with Crippen LogP contribution in [0.25, 0.3) is 0 Å². The van der Waals surface area contributed by atoms with Gasteiger partial charge in [0.25, 0.3) is 0 Å². The fourth-order valence-electron chi connectivity index (χ4n) is 2.46. The molecule has 1 saturated heterocycles. The second kappa shape index (κ2) is 9.53. The molecule has 2 rings (SSSR count). The number of aliphatic hydroxyl groups is 1. The van der Waals surface area contributed by atoms with E-state index in [1.807, 2.05) is 43.9 Å². The summed E-state index contributed by atoms with van der Waals surface area (Å²) >= 11 is 0. The van der Waals surface area contributed by atoms with E-state index in [9.17, 15) is 4.79 Å². The number of hydrogen-bond donors (Lipinski definition) is 1. The molecule has 1 amide bonds. The second-order valence-electron chi connectivity index (χ2n) is 4.99. The van der Waals surface area contributed by atoms with Crippen LogP contribution in [0.1, 0.15) is 38.3 Å². The quantitative estimate of drug-likeness (QED) is 0.926. The van der Waals surface area contributed by atoms with Gasteiger partial charge in [-0.05, 0) is 11.1 Å². The Morgan fingerprint density at radius 3 is 2.33 bits per heavy atom. The summed E-state index contributed by atoms with van der Waals surface area (Å²) in [4.78, 5) is 15.9. The van der Waals surface area contributed by atoms with Crippen molar-refractivity contribution in [1.82, 2.24) is 9.80 Å². The van der Waals surface area contributed by atoms with Crippen LogP contribution < -0.4 is 0 Å². The van der Waals surface area contributed by atoms with Gasteiger partial charge in [0.2, 0.25) is 5.91 Å². The van der Waals surface area contributed by atoms with Crippen LogP contribution in [-0.2, 0) is 17.9 Å². The normalized spacial score (nSPS) is 15.3. The van der Waals surface area contributed by atoms with Crippen molar-refractivity contribution in [3.8, 4) is 0 Å². The minimum atomic E-state index is 0.0899. The van der Waals surface area contributed by atoms with E-state index in [1.165, 1.54) is 5.56 Å². The van der Waals surface area contributed by atoms with Crippen molar-refractivity contribution in [3.05, 3.63) is 35.4 Å². The third kappa shape index (κ3) is 5.48. The molecule has 0 aliphatic carbocycles. The molecule has 21 heavy (non-hydrogen) atoms. The molecule has 118 valence electrons. The lowest BCUT2D eigenvalue weighted by atomic mass is 10.1. The zero-order valence-electron chi connectivity index (χ0n) is 13.5. The Kier molecular flexibility index (Phi) is 8.01. The maximum absolute atomic E-state index is 11.6. The maximum Gasteiger partial charge on any atom is 0.222 e. The molecule has 0 saturated carbocycles. The Labute approximate surface area is 128 Å². The average Bonchev–Trinajstić information content (AvgIpc) is 2.57. The minimum Gasteiger partial charge on any atom is -0.392 e. The molecule has 1 aromatic rings. The number of carbonyl (C=O) groups excluding carboxylic acids is 1. The van der Waals surface area contributed by atoms with Gasteiger partial charge in [-0.2, -0.15) is 0 Å². The van der Waals surface area contributed by atoms with Crippen LogP contribution in [0.3, 0.4) is 0 Å². The van der Waals surface area contributed by atoms with Crippen LogP contribution in [0.15, 0.2) is 24.3 Å². The highest BCUT2D eigenvalue weighted by molar-refractivity contribution is 5.75. The molecule has 4 nitrogen and oxygen atoms in total. The molecule has 0 atom stereocenters. The Bertz CT molecular complexity index is 427. The van der Waals surface area contributed by atoms with Crippen molar-refractivity contribution in [2.45, 2.75) is 40.3 Å². The molecule has 1 aliphatic heterocycles. The van der Waals surface area contributed by atoms with E-state index >= 15 is 0 Å². The van der Waals surface area contributed by atoms with Gasteiger partial charge in [0.05, 0.1) is 6.61 Å². The number of carbonyl (C=O) groups is 1. The molecular weight excluding hydrogens is 264 g/mol. The fourth-order valence-corrected chi connectivity index (χ4v) is 2.46. The van der Waals surface area contributed by atoms with E-state index in [1.54, 1.807) is 0 Å². The van der Waals surface area contributed by atoms with Gasteiger partial charge in [-0.1, -0.05) is 45.0 Å². The predicted molar refractivity (Wildman–Crippen MR) is 85.9 cm³/mol. The summed E-state index contributed by atoms with van der Waals surface area (Å²) < 4.78 is 0. The van der Waals surface area contributed by atoms with Crippen LogP contribution in [0, 0.1) is 0 Å². The smallest absolute Gasteiger partial charge is 0.222 e. The van der Waals surface area contributed by atoms with Gasteiger partial charge < -0.3 is 10.0 Å². The van der Waals surface area contributed by atoms with Gasteiger partial charge in [-0.15, -0.1) is 0 Å². The highest BCUT2D eigenvalue weighted by Crippen LogP contribution is 2.11. The second-order valence-corrected chi connectivity index (χ2v) is 4.99. The van der Waals surface area contributed by atoms with Crippen LogP contribution in [0.4, 0.5) is 0 Å². The molecule has 0 spiro atoms. The predicted octanol–water partition coefficient (Wildman–Crippen LogP) is 2.26. The molecule has 1 N–H and O–H groups in total. The number of piperazine rings is 1. The van der Waals surface area contributed by atoms with Crippen molar-refractivity contribution in [3.63, 3.8) is 0 Å². The fraction of sp³-hybridized carbons (Fsp3) is 0.588. The molecule has 0 unspecified atom stereocenters. The van der Waals surface area contributed by atoms with Gasteiger partial charge in [0, 0.05) is 39.1 Å². The van der Waals surface area contributed by atoms with Crippen molar-refractivity contribution in [2.24, 2.45) is 0 Å². The monoisotopic (exact) mass is 292 g/mol. The van der Waals surface area contributed by atoms with Gasteiger partial charge in [0.1, 0.15) is 0 Å². The van der Waals surface area contributed by atoms with Crippen LogP contribution in [0.2, 0.25) is 0 Å². The van der Waals surface area contributed by atoms with E-state index in [-0.39, 0.29) is 12.5 Å². The van der Waals surface area contributed by atoms with Gasteiger partial charge in [-0.3, -0.25) is 9.69 Å². The van der Waals surface area contributed by atoms with Crippen molar-refractivity contribution >= 4 is 5.91 Å². The van der Waals surface area contributed by atoms with Crippen LogP contribution >= 0.6 is 0 Å². The Balaban J connectivity index is 0.00000106. The first-order chi connectivity index (χ1) is 10.2. The molecule has 1 aliphatic rings. The topological polar surface area (TPSA) is 43.8 Å². The molecule has 0 radical (unpaired) electrons. The number of aliphatic hydroxyl groups excluding tert-OH is 1. The van der Waals surface area contributed by atoms with Crippen LogP contribution in [-0.4, -0.2) is 47.0 Å². The number of nitrogens with zero attached hydrogens (tertiary/aromatic N) is 2. The van der Waals surface area contributed by atoms with Crippen molar-refractivity contribution in [2.75, 3.05) is 26.2 Å². The molecular formula is C17H28N2O2. The standard InChI is InChI=1S/C15H22N2O2.C2H6/c1-2-15(19)17-8-6-16(7-9-17)11-13-4-3-5-14(10-13)12-18;1-2/h3-5,10,18H,2,6-9,11-12H2,1H3;1-2H3. The van der Waals surface area contributed by atoms with E-state index < -0.39 is 0 Å². The first kappa shape index (κ1) is 17.7. The molecule has 0 bridgehead atoms. The van der Waals surface area contributed by atoms with E-state index in [0.29, 0.717) is 6.42 Å². The van der Waals surface area contributed by atoms with Crippen molar-refractivity contribution in [1.29, 1.82) is 0 Å². The zero-order valence-corrected chi connectivity index (χ0v) is 13.5. The lowest BCUT2D eigenvalue weighted by Crippen LogP contribution is -2.48. The number of rotatable bonds is 4. The first-order valence-corrected chi connectivity index (χ1v) is 7.91. The summed E-state index contributed by atoms with van der Waals surface area (Å²) in [5.74, 6) is 0.252. The largest absolute Gasteiger partial charge is 0.392 e. The Morgan fingerprint density at radius 2 is 1.76 bits per heavy atom. The Morgan fingerprint density at radius 1 is 1.14 bits per heavy atom. The van der Waals surface area contributed by atoms with Gasteiger partial charge in [-0.25, -0.2) is 0 Å². The number of amides is 1. The van der Waals surface area contributed by atoms with Gasteiger partial charge >= 0.3 is 0 Å². The SMILES string of the molecule is CC.CCC(=O)N1CCN(Cc2cccc(CO)c2)CC1. The summed E-state index contributed by atoms with van der Waals surface area (Å²) in [7, 11) is 0. The minimum absolute atomic E-state index is 0.0899. The summed E-state index contributed by atoms with van der Waals surface area (Å²) in [6.45, 7) is 10.4. The molecule has 1 fully saturated rings. The third-order valence-electron chi connectivity index (χ3n) is 3.61. The summed E-state index contributed by atoms with van der Waals surface area (Å²) in [6.07, 6.45) is 0.596. The average molecular weight is 292 g/mol. The molecule has 1 heterocycles. The Hall–Kier alpha value is -1.39. The summed E-state index contributed by atoms with van der Waals surface area (Å²) in [5.41, 5.74) is 2.18. The molecule has 4 heteroatoms. The molecule has 1 aromatic carbocycles. The van der Waals surface area contributed by atoms with E-state index in [2.05, 4.69) is 11.0 Å². The highest BCUT2D eigenvalue weighted by Gasteiger charge is 2.19. The number of hydrogen-bond acceptors (Lipinski definition) is 3. The zero-order chi connectivity index (χ0) is 15.7. The third-order valence-corrected chi connectivity index (χ3v) is 3.61.